The average Bonchev–Trinajstić information content (AvgIpc) is 2.85. The molecule has 0 radical (unpaired) electrons. The molecule has 0 bridgehead atoms. The number of oxime groups is 1. The van der Waals surface area contributed by atoms with E-state index in [0.717, 1.165) is 29.9 Å². The lowest BCUT2D eigenvalue weighted by Crippen LogP contribution is -2.48. The van der Waals surface area contributed by atoms with Gasteiger partial charge in [0, 0.05) is 47.8 Å². The predicted molar refractivity (Wildman–Crippen MR) is 127 cm³/mol. The normalized spacial score (nSPS) is 15.8. The summed E-state index contributed by atoms with van der Waals surface area (Å²) in [6.45, 7) is 3.35. The second kappa shape index (κ2) is 9.64. The summed E-state index contributed by atoms with van der Waals surface area (Å²) >= 11 is 0. The van der Waals surface area contributed by atoms with Crippen LogP contribution in [0.15, 0.2) is 84.3 Å². The topological polar surface area (TPSA) is 66.8 Å². The van der Waals surface area contributed by atoms with Gasteiger partial charge in [-0.15, -0.1) is 0 Å². The summed E-state index contributed by atoms with van der Waals surface area (Å²) in [6.07, 6.45) is 5.10. The highest BCUT2D eigenvalue weighted by Gasteiger charge is 2.40. The van der Waals surface area contributed by atoms with Crippen molar-refractivity contribution in [2.24, 2.45) is 5.16 Å². The van der Waals surface area contributed by atoms with Crippen molar-refractivity contribution in [1.82, 2.24) is 9.88 Å². The molecule has 1 aliphatic heterocycles. The monoisotopic (exact) mass is 428 g/mol. The maximum atomic E-state index is 13.2. The van der Waals surface area contributed by atoms with Crippen LogP contribution in [0.4, 0.5) is 11.4 Å². The maximum absolute atomic E-state index is 13.2. The van der Waals surface area contributed by atoms with Gasteiger partial charge >= 0.3 is 0 Å². The number of hydrogen-bond donors (Lipinski definition) is 1. The highest BCUT2D eigenvalue weighted by atomic mass is 16.6. The van der Waals surface area contributed by atoms with Gasteiger partial charge in [0.1, 0.15) is 7.11 Å². The second-order valence-electron chi connectivity index (χ2n) is 8.04. The Bertz CT molecular complexity index is 1060. The number of nitrogens with zero attached hydrogens (tertiary/aromatic N) is 3. The first-order valence-electron chi connectivity index (χ1n) is 10.8. The lowest BCUT2D eigenvalue weighted by atomic mass is 9.69. The molecule has 2 heterocycles. The van der Waals surface area contributed by atoms with Crippen molar-refractivity contribution in [2.45, 2.75) is 25.2 Å². The van der Waals surface area contributed by atoms with Crippen LogP contribution in [0.2, 0.25) is 0 Å². The zero-order valence-corrected chi connectivity index (χ0v) is 18.5. The van der Waals surface area contributed by atoms with Crippen LogP contribution < -0.4 is 5.32 Å². The summed E-state index contributed by atoms with van der Waals surface area (Å²) in [7, 11) is 1.58. The molecule has 3 aromatic rings. The Morgan fingerprint density at radius 2 is 1.59 bits per heavy atom. The van der Waals surface area contributed by atoms with Crippen molar-refractivity contribution < 1.29 is 9.63 Å². The van der Waals surface area contributed by atoms with Crippen molar-refractivity contribution in [3.05, 3.63) is 90.3 Å². The first kappa shape index (κ1) is 21.6. The number of benzene rings is 2. The van der Waals surface area contributed by atoms with Crippen LogP contribution in [0, 0.1) is 0 Å². The molecule has 1 fully saturated rings. The molecule has 0 saturated carbocycles. The molecular weight excluding hydrogens is 400 g/mol. The molecular formula is C26H28N4O2. The zero-order chi connectivity index (χ0) is 22.4. The fourth-order valence-corrected chi connectivity index (χ4v) is 4.41. The van der Waals surface area contributed by atoms with Gasteiger partial charge in [-0.05, 0) is 61.7 Å². The van der Waals surface area contributed by atoms with Crippen molar-refractivity contribution in [2.75, 3.05) is 25.5 Å². The largest absolute Gasteiger partial charge is 0.399 e. The minimum absolute atomic E-state index is 0.0588. The number of likely N-dealkylation sites (tertiary alicyclic amines) is 1. The molecule has 6 heteroatoms. The Kier molecular flexibility index (Phi) is 6.50. The van der Waals surface area contributed by atoms with Gasteiger partial charge in [0.25, 0.3) is 5.91 Å². The van der Waals surface area contributed by atoms with E-state index < -0.39 is 0 Å². The lowest BCUT2D eigenvalue weighted by Gasteiger charge is -2.42. The van der Waals surface area contributed by atoms with E-state index in [4.69, 9.17) is 4.84 Å². The van der Waals surface area contributed by atoms with E-state index in [-0.39, 0.29) is 11.3 Å². The number of pyridine rings is 1. The second-order valence-corrected chi connectivity index (χ2v) is 8.04. The van der Waals surface area contributed by atoms with Gasteiger partial charge in [0.2, 0.25) is 0 Å². The Balaban J connectivity index is 1.46. The highest BCUT2D eigenvalue weighted by Crippen LogP contribution is 2.37. The summed E-state index contributed by atoms with van der Waals surface area (Å²) in [5.41, 5.74) is 4.54. The van der Waals surface area contributed by atoms with Crippen LogP contribution in [-0.4, -0.2) is 41.7 Å². The molecule has 0 spiro atoms. The molecule has 1 aromatic heterocycles. The molecule has 0 unspecified atom stereocenters. The van der Waals surface area contributed by atoms with E-state index in [2.05, 4.69) is 39.7 Å². The SMILES string of the molecule is CON=C(C)C1(c2ccccc2)CCN(C(=O)c2ccc(Nc3ccncc3)cc2)CC1. The molecule has 164 valence electrons. The quantitative estimate of drug-likeness (QED) is 0.442. The fourth-order valence-electron chi connectivity index (χ4n) is 4.41. The van der Waals surface area contributed by atoms with Crippen LogP contribution in [0.5, 0.6) is 0 Å². The van der Waals surface area contributed by atoms with E-state index in [0.29, 0.717) is 18.7 Å². The smallest absolute Gasteiger partial charge is 0.253 e. The van der Waals surface area contributed by atoms with Crippen LogP contribution in [-0.2, 0) is 10.3 Å². The molecule has 2 aromatic carbocycles. The van der Waals surface area contributed by atoms with Gasteiger partial charge in [-0.2, -0.15) is 0 Å². The Morgan fingerprint density at radius 3 is 2.22 bits per heavy atom. The van der Waals surface area contributed by atoms with Gasteiger partial charge in [-0.1, -0.05) is 35.5 Å². The lowest BCUT2D eigenvalue weighted by molar-refractivity contribution is 0.0694. The number of aromatic nitrogens is 1. The van der Waals surface area contributed by atoms with Crippen LogP contribution in [0.1, 0.15) is 35.7 Å². The molecule has 1 saturated heterocycles. The maximum Gasteiger partial charge on any atom is 0.253 e. The van der Waals surface area contributed by atoms with Gasteiger partial charge in [0.15, 0.2) is 0 Å². The minimum Gasteiger partial charge on any atom is -0.399 e. The summed E-state index contributed by atoms with van der Waals surface area (Å²) < 4.78 is 0. The summed E-state index contributed by atoms with van der Waals surface area (Å²) in [4.78, 5) is 24.2. The number of carbonyl (C=O) groups is 1. The van der Waals surface area contributed by atoms with Crippen LogP contribution in [0.3, 0.4) is 0 Å². The number of anilines is 2. The summed E-state index contributed by atoms with van der Waals surface area (Å²) in [6, 6.07) is 21.8. The van der Waals surface area contributed by atoms with E-state index >= 15 is 0 Å². The summed E-state index contributed by atoms with van der Waals surface area (Å²) in [5, 5.41) is 7.58. The number of hydrogen-bond acceptors (Lipinski definition) is 5. The molecule has 0 aliphatic carbocycles. The molecule has 1 aliphatic rings. The van der Waals surface area contributed by atoms with Crippen LogP contribution >= 0.6 is 0 Å². The molecule has 32 heavy (non-hydrogen) atoms. The molecule has 0 atom stereocenters. The third-order valence-corrected chi connectivity index (χ3v) is 6.25. The van der Waals surface area contributed by atoms with E-state index in [1.54, 1.807) is 19.5 Å². The molecule has 1 N–H and O–H groups in total. The minimum atomic E-state index is -0.216. The first-order chi connectivity index (χ1) is 15.6. The average molecular weight is 429 g/mol. The number of amides is 1. The van der Waals surface area contributed by atoms with Crippen molar-refractivity contribution >= 4 is 23.0 Å². The van der Waals surface area contributed by atoms with Gasteiger partial charge in [-0.25, -0.2) is 0 Å². The third kappa shape index (κ3) is 4.49. The van der Waals surface area contributed by atoms with Gasteiger partial charge < -0.3 is 15.1 Å². The van der Waals surface area contributed by atoms with Crippen molar-refractivity contribution in [1.29, 1.82) is 0 Å². The predicted octanol–water partition coefficient (Wildman–Crippen LogP) is 5.02. The number of carbonyl (C=O) groups excluding carboxylic acids is 1. The third-order valence-electron chi connectivity index (χ3n) is 6.25. The standard InChI is InChI=1S/C26H28N4O2/c1-20(29-32-2)26(22-6-4-3-5-7-22)14-18-30(19-15-26)25(31)21-8-10-23(11-9-21)28-24-12-16-27-17-13-24/h3-13,16-17H,14-15,18-19H2,1-2H3,(H,27,28). The van der Waals surface area contributed by atoms with Crippen molar-refractivity contribution in [3.8, 4) is 0 Å². The number of rotatable bonds is 6. The van der Waals surface area contributed by atoms with Gasteiger partial charge in [0.05, 0.1) is 5.71 Å². The molecule has 6 nitrogen and oxygen atoms in total. The van der Waals surface area contributed by atoms with Crippen LogP contribution in [0.25, 0.3) is 0 Å². The summed E-state index contributed by atoms with van der Waals surface area (Å²) in [5.74, 6) is 0.0588. The molecule has 1 amide bonds. The number of piperidine rings is 1. The highest BCUT2D eigenvalue weighted by molar-refractivity contribution is 5.96. The molecule has 4 rings (SSSR count). The van der Waals surface area contributed by atoms with E-state index in [9.17, 15) is 4.79 Å². The van der Waals surface area contributed by atoms with E-state index in [1.165, 1.54) is 5.56 Å². The number of nitrogens with one attached hydrogen (secondary N) is 1. The fraction of sp³-hybridized carbons (Fsp3) is 0.269. The van der Waals surface area contributed by atoms with Gasteiger partial charge in [-0.3, -0.25) is 9.78 Å². The van der Waals surface area contributed by atoms with Crippen molar-refractivity contribution in [3.63, 3.8) is 0 Å². The Labute approximate surface area is 188 Å². The zero-order valence-electron chi connectivity index (χ0n) is 18.5. The first-order valence-corrected chi connectivity index (χ1v) is 10.8. The Morgan fingerprint density at radius 1 is 0.969 bits per heavy atom. The Hall–Kier alpha value is -3.67. The van der Waals surface area contributed by atoms with E-state index in [1.807, 2.05) is 54.3 Å².